The predicted octanol–water partition coefficient (Wildman–Crippen LogP) is 4.96. The molecule has 6 heteroatoms. The van der Waals surface area contributed by atoms with Crippen LogP contribution >= 0.6 is 0 Å². The van der Waals surface area contributed by atoms with Crippen molar-refractivity contribution in [1.82, 2.24) is 19.8 Å². The van der Waals surface area contributed by atoms with Crippen molar-refractivity contribution in [1.29, 1.82) is 0 Å². The van der Waals surface area contributed by atoms with Gasteiger partial charge in [0.1, 0.15) is 17.2 Å². The molecule has 0 amide bonds. The molecule has 5 rings (SSSR count). The summed E-state index contributed by atoms with van der Waals surface area (Å²) in [7, 11) is 0. The summed E-state index contributed by atoms with van der Waals surface area (Å²) in [6.07, 6.45) is 3.42. The van der Waals surface area contributed by atoms with Crippen LogP contribution in [0.3, 0.4) is 0 Å². The monoisotopic (exact) mass is 380 g/mol. The highest BCUT2D eigenvalue weighted by Crippen LogP contribution is 2.37. The van der Waals surface area contributed by atoms with Gasteiger partial charge in [0.05, 0.1) is 17.3 Å². The zero-order valence-corrected chi connectivity index (χ0v) is 15.3. The number of benzene rings is 2. The number of hydrogen-bond acceptors (Lipinski definition) is 5. The number of rotatable bonds is 4. The fourth-order valence-electron chi connectivity index (χ4n) is 3.29. The van der Waals surface area contributed by atoms with Gasteiger partial charge in [-0.2, -0.15) is 5.10 Å². The van der Waals surface area contributed by atoms with Crippen LogP contribution in [0.25, 0.3) is 27.9 Å². The fourth-order valence-corrected chi connectivity index (χ4v) is 3.29. The summed E-state index contributed by atoms with van der Waals surface area (Å²) < 4.78 is 7.49. The van der Waals surface area contributed by atoms with Crippen LogP contribution in [0.15, 0.2) is 91.3 Å². The molecule has 0 spiro atoms. The summed E-state index contributed by atoms with van der Waals surface area (Å²) in [5, 5.41) is 22.9. The third-order valence-electron chi connectivity index (χ3n) is 4.62. The first kappa shape index (κ1) is 16.9. The van der Waals surface area contributed by atoms with E-state index in [0.717, 1.165) is 28.1 Å². The van der Waals surface area contributed by atoms with E-state index in [1.165, 1.54) is 0 Å². The maximum Gasteiger partial charge on any atom is 0.241 e. The molecular formula is C23H16N4O2. The van der Waals surface area contributed by atoms with Gasteiger partial charge in [-0.25, -0.2) is 4.52 Å². The molecule has 5 aromatic rings. The molecule has 0 saturated carbocycles. The lowest BCUT2D eigenvalue weighted by atomic mass is 10.0. The van der Waals surface area contributed by atoms with Crippen molar-refractivity contribution in [2.75, 3.05) is 0 Å². The maximum atomic E-state index is 10.4. The molecule has 0 saturated heterocycles. The van der Waals surface area contributed by atoms with E-state index in [0.29, 0.717) is 11.3 Å². The molecule has 0 aliphatic rings. The van der Waals surface area contributed by atoms with Gasteiger partial charge in [-0.3, -0.25) is 0 Å². The smallest absolute Gasteiger partial charge is 0.241 e. The molecule has 0 aliphatic heterocycles. The summed E-state index contributed by atoms with van der Waals surface area (Å²) in [5.41, 5.74) is 3.67. The number of nitrogens with zero attached hydrogens (tertiary/aromatic N) is 4. The highest BCUT2D eigenvalue weighted by atomic mass is 16.5. The first-order chi connectivity index (χ1) is 14.3. The average molecular weight is 380 g/mol. The van der Waals surface area contributed by atoms with Gasteiger partial charge in [0.2, 0.25) is 5.88 Å². The van der Waals surface area contributed by atoms with Gasteiger partial charge < -0.3 is 9.84 Å². The van der Waals surface area contributed by atoms with E-state index in [1.807, 2.05) is 78.9 Å². The number of aromatic hydroxyl groups is 1. The van der Waals surface area contributed by atoms with Gasteiger partial charge in [0.15, 0.2) is 0 Å². The molecule has 0 fully saturated rings. The number of fused-ring (bicyclic) bond motifs is 1. The summed E-state index contributed by atoms with van der Waals surface area (Å²) in [4.78, 5) is 0. The second kappa shape index (κ2) is 7.09. The van der Waals surface area contributed by atoms with Crippen LogP contribution < -0.4 is 4.74 Å². The van der Waals surface area contributed by atoms with Crippen molar-refractivity contribution in [3.8, 4) is 39.8 Å². The Bertz CT molecular complexity index is 1280. The molecule has 140 valence electrons. The highest BCUT2D eigenvalue weighted by molar-refractivity contribution is 5.90. The number of hydrogen-bond donors (Lipinski definition) is 1. The summed E-state index contributed by atoms with van der Waals surface area (Å²) in [5.74, 6) is 1.44. The van der Waals surface area contributed by atoms with Crippen molar-refractivity contribution in [3.05, 3.63) is 91.3 Å². The Labute approximate surface area is 166 Å². The lowest BCUT2D eigenvalue weighted by Crippen LogP contribution is -1.92. The zero-order chi connectivity index (χ0) is 19.6. The van der Waals surface area contributed by atoms with E-state index in [2.05, 4.69) is 15.3 Å². The Hall–Kier alpha value is -4.19. The number of para-hydroxylation sites is 1. The topological polar surface area (TPSA) is 72.5 Å². The molecule has 0 atom stereocenters. The molecule has 1 N–H and O–H groups in total. The third kappa shape index (κ3) is 3.17. The first-order valence-corrected chi connectivity index (χ1v) is 9.11. The fraction of sp³-hybridized carbons (Fsp3) is 0. The molecule has 3 heterocycles. The van der Waals surface area contributed by atoms with Crippen LogP contribution in [-0.4, -0.2) is 24.9 Å². The Balaban J connectivity index is 1.55. The first-order valence-electron chi connectivity index (χ1n) is 9.11. The Morgan fingerprint density at radius 2 is 1.55 bits per heavy atom. The largest absolute Gasteiger partial charge is 0.492 e. The lowest BCUT2D eigenvalue weighted by molar-refractivity contribution is 0.450. The highest BCUT2D eigenvalue weighted by Gasteiger charge is 2.19. The van der Waals surface area contributed by atoms with E-state index in [9.17, 15) is 5.11 Å². The van der Waals surface area contributed by atoms with Crippen LogP contribution in [0.2, 0.25) is 0 Å². The predicted molar refractivity (Wildman–Crippen MR) is 110 cm³/mol. The summed E-state index contributed by atoms with van der Waals surface area (Å²) in [6.45, 7) is 0. The van der Waals surface area contributed by atoms with E-state index in [4.69, 9.17) is 4.74 Å². The second-order valence-corrected chi connectivity index (χ2v) is 6.46. The summed E-state index contributed by atoms with van der Waals surface area (Å²) in [6, 6.07) is 24.9. The van der Waals surface area contributed by atoms with E-state index in [1.54, 1.807) is 16.9 Å². The molecule has 29 heavy (non-hydrogen) atoms. The van der Waals surface area contributed by atoms with E-state index >= 15 is 0 Å². The van der Waals surface area contributed by atoms with Crippen LogP contribution in [-0.2, 0) is 0 Å². The van der Waals surface area contributed by atoms with Crippen LogP contribution in [0.5, 0.6) is 17.4 Å². The molecule has 3 aromatic heterocycles. The van der Waals surface area contributed by atoms with Crippen molar-refractivity contribution in [2.24, 2.45) is 0 Å². The van der Waals surface area contributed by atoms with Crippen molar-refractivity contribution in [2.45, 2.75) is 0 Å². The number of aromatic nitrogens is 4. The zero-order valence-electron chi connectivity index (χ0n) is 15.3. The molecule has 0 unspecified atom stereocenters. The standard InChI is InChI=1S/C23H16N4O2/c28-23-21(20-8-4-5-15-27(20)26-23)22-19(13-14-24-25-22)16-9-11-18(12-10-16)29-17-6-2-1-3-7-17/h1-15H,(H,26,28). The minimum Gasteiger partial charge on any atom is -0.492 e. The molecule has 2 aromatic carbocycles. The van der Waals surface area contributed by atoms with Gasteiger partial charge >= 0.3 is 0 Å². The van der Waals surface area contributed by atoms with Gasteiger partial charge in [-0.15, -0.1) is 10.2 Å². The minimum absolute atomic E-state index is 0.0815. The van der Waals surface area contributed by atoms with Gasteiger partial charge in [-0.05, 0) is 48.0 Å². The van der Waals surface area contributed by atoms with E-state index < -0.39 is 0 Å². The van der Waals surface area contributed by atoms with Crippen molar-refractivity contribution >= 4 is 5.52 Å². The SMILES string of the molecule is Oc1nn2ccccc2c1-c1nnccc1-c1ccc(Oc2ccccc2)cc1. The Morgan fingerprint density at radius 3 is 2.38 bits per heavy atom. The van der Waals surface area contributed by atoms with Gasteiger partial charge in [0.25, 0.3) is 0 Å². The lowest BCUT2D eigenvalue weighted by Gasteiger charge is -2.09. The molecule has 0 aliphatic carbocycles. The maximum absolute atomic E-state index is 10.4. The Morgan fingerprint density at radius 1 is 0.793 bits per heavy atom. The quantitative estimate of drug-likeness (QED) is 0.477. The second-order valence-electron chi connectivity index (χ2n) is 6.46. The minimum atomic E-state index is -0.0815. The average Bonchev–Trinajstić information content (AvgIpc) is 3.11. The number of ether oxygens (including phenoxy) is 1. The van der Waals surface area contributed by atoms with Gasteiger partial charge in [-0.1, -0.05) is 36.4 Å². The van der Waals surface area contributed by atoms with E-state index in [-0.39, 0.29) is 5.88 Å². The Kier molecular flexibility index (Phi) is 4.14. The van der Waals surface area contributed by atoms with Crippen LogP contribution in [0.4, 0.5) is 0 Å². The molecule has 0 bridgehead atoms. The summed E-state index contributed by atoms with van der Waals surface area (Å²) >= 11 is 0. The molecular weight excluding hydrogens is 364 g/mol. The van der Waals surface area contributed by atoms with Crippen LogP contribution in [0, 0.1) is 0 Å². The third-order valence-corrected chi connectivity index (χ3v) is 4.62. The normalized spacial score (nSPS) is 10.9. The van der Waals surface area contributed by atoms with Crippen LogP contribution in [0.1, 0.15) is 0 Å². The molecule has 6 nitrogen and oxygen atoms in total. The van der Waals surface area contributed by atoms with Gasteiger partial charge in [0, 0.05) is 11.8 Å². The number of pyridine rings is 1. The van der Waals surface area contributed by atoms with Crippen molar-refractivity contribution < 1.29 is 9.84 Å². The van der Waals surface area contributed by atoms with Crippen molar-refractivity contribution in [3.63, 3.8) is 0 Å². The molecule has 0 radical (unpaired) electrons.